The van der Waals surface area contributed by atoms with Gasteiger partial charge in [0.25, 0.3) is 0 Å². The van der Waals surface area contributed by atoms with Crippen LogP contribution in [0.15, 0.2) is 50.4 Å². The van der Waals surface area contributed by atoms with E-state index in [0.717, 1.165) is 27.0 Å². The maximum absolute atomic E-state index is 10.4. The van der Waals surface area contributed by atoms with Crippen LogP contribution in [0.3, 0.4) is 0 Å². The number of nitrogens with one attached hydrogen (secondary N) is 1. The van der Waals surface area contributed by atoms with E-state index in [4.69, 9.17) is 0 Å². The highest BCUT2D eigenvalue weighted by Crippen LogP contribution is 2.37. The summed E-state index contributed by atoms with van der Waals surface area (Å²) >= 11 is 6.74. The molecule has 6 nitrogen and oxygen atoms in total. The van der Waals surface area contributed by atoms with Gasteiger partial charge in [-0.15, -0.1) is 0 Å². The fourth-order valence-electron chi connectivity index (χ4n) is 2.57. The summed E-state index contributed by atoms with van der Waals surface area (Å²) in [6.07, 6.45) is 0. The topological polar surface area (TPSA) is 90.6 Å². The summed E-state index contributed by atoms with van der Waals surface area (Å²) in [5, 5.41) is 24.4. The normalized spacial score (nSPS) is 11.5. The first-order valence-electron chi connectivity index (χ1n) is 8.39. The Kier molecular flexibility index (Phi) is 6.00. The molecule has 0 aliphatic rings. The van der Waals surface area contributed by atoms with Crippen molar-refractivity contribution in [1.82, 2.24) is 9.97 Å². The van der Waals surface area contributed by atoms with Gasteiger partial charge in [0.1, 0.15) is 11.5 Å². The first-order chi connectivity index (χ1) is 13.2. The monoisotopic (exact) mass is 504 g/mol. The van der Waals surface area contributed by atoms with E-state index in [1.165, 1.54) is 0 Å². The fraction of sp³-hybridized carbons (Fsp3) is 0.150. The van der Waals surface area contributed by atoms with Crippen LogP contribution in [0.25, 0.3) is 11.4 Å². The van der Waals surface area contributed by atoms with E-state index in [0.29, 0.717) is 21.7 Å². The average Bonchev–Trinajstić information content (AvgIpc) is 2.64. The Hall–Kier alpha value is -2.45. The van der Waals surface area contributed by atoms with Crippen molar-refractivity contribution in [3.63, 3.8) is 0 Å². The SMILES string of the molecule is CC(=NNc1cc(C)nc(-c2cc(Br)cc(Br)c2O)n1)c1ccc(O)c(C)c1. The van der Waals surface area contributed by atoms with Crippen molar-refractivity contribution in [3.05, 3.63) is 62.2 Å². The Morgan fingerprint density at radius 2 is 1.79 bits per heavy atom. The lowest BCUT2D eigenvalue weighted by molar-refractivity contribution is 0.471. The van der Waals surface area contributed by atoms with Gasteiger partial charge >= 0.3 is 0 Å². The highest BCUT2D eigenvalue weighted by atomic mass is 79.9. The van der Waals surface area contributed by atoms with Gasteiger partial charge in [-0.05, 0) is 78.2 Å². The third-order valence-electron chi connectivity index (χ3n) is 4.08. The first kappa shape index (κ1) is 20.3. The molecule has 3 N–H and O–H groups in total. The van der Waals surface area contributed by atoms with Crippen molar-refractivity contribution in [1.29, 1.82) is 0 Å². The standard InChI is InChI=1S/C20H18Br2N4O2/c1-10-6-13(4-5-17(10)27)12(3)25-26-18-7-11(2)23-20(24-18)15-8-14(21)9-16(22)19(15)28/h4-9,27-28H,1-3H3,(H,23,24,26). The van der Waals surface area contributed by atoms with E-state index >= 15 is 0 Å². The van der Waals surface area contributed by atoms with E-state index in [1.807, 2.05) is 26.8 Å². The van der Waals surface area contributed by atoms with E-state index in [9.17, 15) is 10.2 Å². The lowest BCUT2D eigenvalue weighted by Gasteiger charge is -2.10. The maximum Gasteiger partial charge on any atom is 0.165 e. The second kappa shape index (κ2) is 8.28. The summed E-state index contributed by atoms with van der Waals surface area (Å²) in [7, 11) is 0. The molecule has 28 heavy (non-hydrogen) atoms. The molecule has 0 unspecified atom stereocenters. The van der Waals surface area contributed by atoms with Crippen molar-refractivity contribution in [2.24, 2.45) is 5.10 Å². The number of anilines is 1. The number of aromatic nitrogens is 2. The lowest BCUT2D eigenvalue weighted by atomic mass is 10.1. The molecule has 0 radical (unpaired) electrons. The Morgan fingerprint density at radius 3 is 2.50 bits per heavy atom. The maximum atomic E-state index is 10.4. The van der Waals surface area contributed by atoms with Gasteiger partial charge in [0, 0.05) is 16.2 Å². The molecule has 0 atom stereocenters. The minimum absolute atomic E-state index is 0.0685. The van der Waals surface area contributed by atoms with Gasteiger partial charge < -0.3 is 10.2 Å². The zero-order valence-corrected chi connectivity index (χ0v) is 18.6. The molecule has 1 heterocycles. The molecule has 3 aromatic rings. The Balaban J connectivity index is 1.93. The van der Waals surface area contributed by atoms with E-state index in [-0.39, 0.29) is 11.5 Å². The molecule has 8 heteroatoms. The molecule has 0 fully saturated rings. The molecular weight excluding hydrogens is 488 g/mol. The van der Waals surface area contributed by atoms with E-state index < -0.39 is 0 Å². The third-order valence-corrected chi connectivity index (χ3v) is 5.14. The van der Waals surface area contributed by atoms with Crippen LogP contribution < -0.4 is 5.43 Å². The molecule has 0 saturated carbocycles. The molecule has 0 bridgehead atoms. The smallest absolute Gasteiger partial charge is 0.165 e. The van der Waals surface area contributed by atoms with Crippen LogP contribution in [0.4, 0.5) is 5.82 Å². The summed E-state index contributed by atoms with van der Waals surface area (Å²) in [5.74, 6) is 1.21. The highest BCUT2D eigenvalue weighted by Gasteiger charge is 2.13. The number of hydrazone groups is 1. The van der Waals surface area contributed by atoms with Gasteiger partial charge in [-0.1, -0.05) is 15.9 Å². The van der Waals surface area contributed by atoms with Crippen molar-refractivity contribution < 1.29 is 10.2 Å². The Labute approximate surface area is 179 Å². The second-order valence-corrected chi connectivity index (χ2v) is 8.08. The van der Waals surface area contributed by atoms with E-state index in [2.05, 4.69) is 52.4 Å². The van der Waals surface area contributed by atoms with Crippen molar-refractivity contribution in [2.45, 2.75) is 20.8 Å². The van der Waals surface area contributed by atoms with Crippen molar-refractivity contribution in [3.8, 4) is 22.9 Å². The summed E-state index contributed by atoms with van der Waals surface area (Å²) in [6, 6.07) is 10.6. The number of benzene rings is 2. The number of phenols is 2. The molecule has 1 aromatic heterocycles. The van der Waals surface area contributed by atoms with Crippen LogP contribution in [0, 0.1) is 13.8 Å². The zero-order chi connectivity index (χ0) is 20.4. The predicted octanol–water partition coefficient (Wildman–Crippen LogP) is 5.53. The number of hydrogen-bond acceptors (Lipinski definition) is 6. The molecule has 0 aliphatic carbocycles. The van der Waals surface area contributed by atoms with Gasteiger partial charge in [0.2, 0.25) is 0 Å². The van der Waals surface area contributed by atoms with Gasteiger partial charge in [-0.2, -0.15) is 5.10 Å². The quantitative estimate of drug-likeness (QED) is 0.320. The molecule has 3 rings (SSSR count). The van der Waals surface area contributed by atoms with E-state index in [1.54, 1.807) is 30.3 Å². The van der Waals surface area contributed by atoms with Crippen molar-refractivity contribution in [2.75, 3.05) is 5.43 Å². The van der Waals surface area contributed by atoms with Crippen LogP contribution in [0.5, 0.6) is 11.5 Å². The molecule has 2 aromatic carbocycles. The van der Waals surface area contributed by atoms with Gasteiger partial charge in [0.15, 0.2) is 11.6 Å². The first-order valence-corrected chi connectivity index (χ1v) is 9.97. The highest BCUT2D eigenvalue weighted by molar-refractivity contribution is 9.11. The van der Waals surface area contributed by atoms with Crippen LogP contribution in [-0.2, 0) is 0 Å². The number of nitrogens with zero attached hydrogens (tertiary/aromatic N) is 3. The van der Waals surface area contributed by atoms with Crippen molar-refractivity contribution >= 4 is 43.4 Å². The Morgan fingerprint density at radius 1 is 1.04 bits per heavy atom. The largest absolute Gasteiger partial charge is 0.508 e. The number of aryl methyl sites for hydroxylation is 2. The predicted molar refractivity (Wildman–Crippen MR) is 118 cm³/mol. The molecule has 144 valence electrons. The number of halogens is 2. The minimum atomic E-state index is 0.0685. The van der Waals surface area contributed by atoms with Crippen LogP contribution >= 0.6 is 31.9 Å². The number of aromatic hydroxyl groups is 2. The minimum Gasteiger partial charge on any atom is -0.508 e. The van der Waals surface area contributed by atoms with Gasteiger partial charge in [-0.3, -0.25) is 5.43 Å². The molecule has 0 aliphatic heterocycles. The Bertz CT molecular complexity index is 1080. The summed E-state index contributed by atoms with van der Waals surface area (Å²) < 4.78 is 1.34. The van der Waals surface area contributed by atoms with Crippen LogP contribution in [0.2, 0.25) is 0 Å². The number of hydrogen-bond donors (Lipinski definition) is 3. The van der Waals surface area contributed by atoms with Gasteiger partial charge in [0.05, 0.1) is 15.7 Å². The summed E-state index contributed by atoms with van der Waals surface area (Å²) in [6.45, 7) is 5.55. The summed E-state index contributed by atoms with van der Waals surface area (Å²) in [4.78, 5) is 8.90. The zero-order valence-electron chi connectivity index (χ0n) is 15.5. The fourth-order valence-corrected chi connectivity index (χ4v) is 3.79. The number of phenolic OH excluding ortho intramolecular Hbond substituents is 2. The molecule has 0 spiro atoms. The molecule has 0 saturated heterocycles. The average molecular weight is 506 g/mol. The molecular formula is C20H18Br2N4O2. The summed E-state index contributed by atoms with van der Waals surface area (Å²) in [5.41, 5.74) is 6.60. The van der Waals surface area contributed by atoms with Crippen LogP contribution in [-0.4, -0.2) is 25.9 Å². The number of rotatable bonds is 4. The third kappa shape index (κ3) is 4.51. The van der Waals surface area contributed by atoms with Gasteiger partial charge in [-0.25, -0.2) is 9.97 Å². The molecule has 0 amide bonds. The van der Waals surface area contributed by atoms with Crippen LogP contribution in [0.1, 0.15) is 23.7 Å². The second-order valence-electron chi connectivity index (χ2n) is 6.31. The lowest BCUT2D eigenvalue weighted by Crippen LogP contribution is -2.03.